The number of nitrogens with zero attached hydrogens (tertiary/aromatic N) is 1. The maximum absolute atomic E-state index is 11.6. The Morgan fingerprint density at radius 1 is 1.36 bits per heavy atom. The normalized spacial score (nSPS) is 21.8. The zero-order valence-corrected chi connectivity index (χ0v) is 9.51. The Morgan fingerprint density at radius 3 is 2.71 bits per heavy atom. The van der Waals surface area contributed by atoms with Gasteiger partial charge in [0.1, 0.15) is 6.61 Å². The van der Waals surface area contributed by atoms with E-state index in [1.54, 1.807) is 7.11 Å². The highest BCUT2D eigenvalue weighted by atomic mass is 16.5. The SMILES string of the molecule is COCC(=O)N1CCCC(C)(C)CC1. The summed E-state index contributed by atoms with van der Waals surface area (Å²) in [5, 5.41) is 0. The molecule has 0 saturated carbocycles. The second-order valence-corrected chi connectivity index (χ2v) is 4.83. The van der Waals surface area contributed by atoms with Crippen LogP contribution in [0.1, 0.15) is 33.1 Å². The van der Waals surface area contributed by atoms with Gasteiger partial charge in [0.15, 0.2) is 0 Å². The Labute approximate surface area is 86.4 Å². The molecule has 1 aliphatic rings. The summed E-state index contributed by atoms with van der Waals surface area (Å²) in [5.74, 6) is 0.130. The Kier molecular flexibility index (Phi) is 3.93. The van der Waals surface area contributed by atoms with E-state index in [1.165, 1.54) is 6.42 Å². The van der Waals surface area contributed by atoms with Crippen molar-refractivity contribution in [1.29, 1.82) is 0 Å². The third-order valence-corrected chi connectivity index (χ3v) is 2.96. The fraction of sp³-hybridized carbons (Fsp3) is 0.909. The average Bonchev–Trinajstić information content (AvgIpc) is 2.27. The molecule has 0 unspecified atom stereocenters. The summed E-state index contributed by atoms with van der Waals surface area (Å²) >= 11 is 0. The fourth-order valence-electron chi connectivity index (χ4n) is 1.89. The summed E-state index contributed by atoms with van der Waals surface area (Å²) in [6.07, 6.45) is 3.43. The standard InChI is InChI=1S/C11H21NO2/c1-11(2)5-4-7-12(8-6-11)10(13)9-14-3/h4-9H2,1-3H3. The first-order valence-electron chi connectivity index (χ1n) is 5.32. The number of hydrogen-bond donors (Lipinski definition) is 0. The summed E-state index contributed by atoms with van der Waals surface area (Å²) in [6.45, 7) is 6.55. The average molecular weight is 199 g/mol. The first-order valence-corrected chi connectivity index (χ1v) is 5.32. The molecule has 82 valence electrons. The number of methoxy groups -OCH3 is 1. The molecule has 0 atom stereocenters. The minimum atomic E-state index is 0.130. The molecule has 0 aromatic rings. The summed E-state index contributed by atoms with van der Waals surface area (Å²) in [6, 6.07) is 0. The Balaban J connectivity index is 2.45. The quantitative estimate of drug-likeness (QED) is 0.677. The number of hydrogen-bond acceptors (Lipinski definition) is 2. The van der Waals surface area contributed by atoms with E-state index in [0.29, 0.717) is 5.41 Å². The first-order chi connectivity index (χ1) is 6.55. The van der Waals surface area contributed by atoms with Gasteiger partial charge in [-0.3, -0.25) is 4.79 Å². The smallest absolute Gasteiger partial charge is 0.248 e. The number of carbonyl (C=O) groups excluding carboxylic acids is 1. The minimum absolute atomic E-state index is 0.130. The van der Waals surface area contributed by atoms with Crippen molar-refractivity contribution in [2.75, 3.05) is 26.8 Å². The zero-order chi connectivity index (χ0) is 10.6. The second kappa shape index (κ2) is 4.78. The minimum Gasteiger partial charge on any atom is -0.375 e. The third-order valence-electron chi connectivity index (χ3n) is 2.96. The topological polar surface area (TPSA) is 29.5 Å². The van der Waals surface area contributed by atoms with Gasteiger partial charge < -0.3 is 9.64 Å². The van der Waals surface area contributed by atoms with Crippen molar-refractivity contribution in [3.05, 3.63) is 0 Å². The molecule has 0 bridgehead atoms. The van der Waals surface area contributed by atoms with Gasteiger partial charge in [-0.1, -0.05) is 13.8 Å². The number of amides is 1. The molecule has 1 aliphatic heterocycles. The predicted molar refractivity (Wildman–Crippen MR) is 56.1 cm³/mol. The van der Waals surface area contributed by atoms with Crippen molar-refractivity contribution in [2.45, 2.75) is 33.1 Å². The van der Waals surface area contributed by atoms with Gasteiger partial charge in [-0.2, -0.15) is 0 Å². The van der Waals surface area contributed by atoms with Gasteiger partial charge in [0, 0.05) is 20.2 Å². The van der Waals surface area contributed by atoms with Crippen LogP contribution in [0.5, 0.6) is 0 Å². The van der Waals surface area contributed by atoms with Crippen LogP contribution in [-0.2, 0) is 9.53 Å². The van der Waals surface area contributed by atoms with Gasteiger partial charge in [0.05, 0.1) is 0 Å². The van der Waals surface area contributed by atoms with Crippen molar-refractivity contribution >= 4 is 5.91 Å². The van der Waals surface area contributed by atoms with Crippen LogP contribution in [0.4, 0.5) is 0 Å². The van der Waals surface area contributed by atoms with Crippen LogP contribution in [-0.4, -0.2) is 37.6 Å². The number of rotatable bonds is 2. The van der Waals surface area contributed by atoms with E-state index in [1.807, 2.05) is 4.90 Å². The maximum Gasteiger partial charge on any atom is 0.248 e. The largest absolute Gasteiger partial charge is 0.375 e. The van der Waals surface area contributed by atoms with Gasteiger partial charge in [0.2, 0.25) is 5.91 Å². The molecule has 1 rings (SSSR count). The molecule has 0 radical (unpaired) electrons. The fourth-order valence-corrected chi connectivity index (χ4v) is 1.89. The van der Waals surface area contributed by atoms with E-state index in [9.17, 15) is 4.79 Å². The van der Waals surface area contributed by atoms with Crippen molar-refractivity contribution < 1.29 is 9.53 Å². The lowest BCUT2D eigenvalue weighted by Gasteiger charge is -2.23. The van der Waals surface area contributed by atoms with Crippen LogP contribution >= 0.6 is 0 Å². The van der Waals surface area contributed by atoms with Crippen LogP contribution in [0.15, 0.2) is 0 Å². The molecule has 3 heteroatoms. The predicted octanol–water partition coefficient (Wildman–Crippen LogP) is 1.67. The molecule has 0 spiro atoms. The zero-order valence-electron chi connectivity index (χ0n) is 9.51. The Bertz CT molecular complexity index is 201. The summed E-state index contributed by atoms with van der Waals surface area (Å²) in [4.78, 5) is 13.5. The summed E-state index contributed by atoms with van der Waals surface area (Å²) in [5.41, 5.74) is 0.391. The monoisotopic (exact) mass is 199 g/mol. The van der Waals surface area contributed by atoms with Gasteiger partial charge >= 0.3 is 0 Å². The molecule has 14 heavy (non-hydrogen) atoms. The molecule has 0 aromatic carbocycles. The van der Waals surface area contributed by atoms with Crippen molar-refractivity contribution in [2.24, 2.45) is 5.41 Å². The molecule has 1 saturated heterocycles. The molecule has 3 nitrogen and oxygen atoms in total. The first kappa shape index (κ1) is 11.5. The Morgan fingerprint density at radius 2 is 2.07 bits per heavy atom. The van der Waals surface area contributed by atoms with Gasteiger partial charge in [-0.05, 0) is 24.7 Å². The van der Waals surface area contributed by atoms with Gasteiger partial charge in [-0.15, -0.1) is 0 Å². The molecular formula is C11H21NO2. The molecule has 1 heterocycles. The van der Waals surface area contributed by atoms with Crippen molar-refractivity contribution in [3.63, 3.8) is 0 Å². The van der Waals surface area contributed by atoms with E-state index >= 15 is 0 Å². The van der Waals surface area contributed by atoms with Crippen LogP contribution < -0.4 is 0 Å². The van der Waals surface area contributed by atoms with Crippen LogP contribution in [0, 0.1) is 5.41 Å². The van der Waals surface area contributed by atoms with E-state index in [-0.39, 0.29) is 12.5 Å². The Hall–Kier alpha value is -0.570. The lowest BCUT2D eigenvalue weighted by Crippen LogP contribution is -2.34. The van der Waals surface area contributed by atoms with E-state index in [0.717, 1.165) is 25.9 Å². The molecule has 1 amide bonds. The highest BCUT2D eigenvalue weighted by Gasteiger charge is 2.24. The van der Waals surface area contributed by atoms with Gasteiger partial charge in [0.25, 0.3) is 0 Å². The molecular weight excluding hydrogens is 178 g/mol. The van der Waals surface area contributed by atoms with E-state index in [4.69, 9.17) is 4.74 Å². The molecule has 0 N–H and O–H groups in total. The van der Waals surface area contributed by atoms with Gasteiger partial charge in [-0.25, -0.2) is 0 Å². The molecule has 0 aromatic heterocycles. The van der Waals surface area contributed by atoms with E-state index in [2.05, 4.69) is 13.8 Å². The van der Waals surface area contributed by atoms with Crippen LogP contribution in [0.25, 0.3) is 0 Å². The molecule has 1 fully saturated rings. The third kappa shape index (κ3) is 3.29. The van der Waals surface area contributed by atoms with E-state index < -0.39 is 0 Å². The highest BCUT2D eigenvalue weighted by molar-refractivity contribution is 5.77. The lowest BCUT2D eigenvalue weighted by molar-refractivity contribution is -0.135. The summed E-state index contributed by atoms with van der Waals surface area (Å²) < 4.78 is 4.86. The molecule has 0 aliphatic carbocycles. The van der Waals surface area contributed by atoms with Crippen LogP contribution in [0.3, 0.4) is 0 Å². The summed E-state index contributed by atoms with van der Waals surface area (Å²) in [7, 11) is 1.57. The number of ether oxygens (including phenoxy) is 1. The maximum atomic E-state index is 11.6. The highest BCUT2D eigenvalue weighted by Crippen LogP contribution is 2.29. The number of carbonyl (C=O) groups is 1. The number of likely N-dealkylation sites (tertiary alicyclic amines) is 1. The lowest BCUT2D eigenvalue weighted by atomic mass is 9.85. The van der Waals surface area contributed by atoms with Crippen molar-refractivity contribution in [3.8, 4) is 0 Å². The van der Waals surface area contributed by atoms with Crippen molar-refractivity contribution in [1.82, 2.24) is 4.90 Å². The van der Waals surface area contributed by atoms with Crippen LogP contribution in [0.2, 0.25) is 0 Å². The second-order valence-electron chi connectivity index (χ2n) is 4.83.